The smallest absolute Gasteiger partial charge is 0.220 e. The van der Waals surface area contributed by atoms with Gasteiger partial charge in [0.1, 0.15) is 0 Å². The van der Waals surface area contributed by atoms with Crippen molar-refractivity contribution in [3.63, 3.8) is 0 Å². The number of amides is 1. The summed E-state index contributed by atoms with van der Waals surface area (Å²) in [6, 6.07) is 0.717. The van der Waals surface area contributed by atoms with Crippen LogP contribution in [0.15, 0.2) is 0 Å². The molecule has 0 radical (unpaired) electrons. The van der Waals surface area contributed by atoms with E-state index >= 15 is 0 Å². The van der Waals surface area contributed by atoms with Gasteiger partial charge in [0.2, 0.25) is 5.91 Å². The molecule has 41 heavy (non-hydrogen) atoms. The highest BCUT2D eigenvalue weighted by Gasteiger charge is 2.64. The van der Waals surface area contributed by atoms with Crippen LogP contribution in [-0.4, -0.2) is 60.5 Å². The number of aliphatic hydroxyl groups is 2. The van der Waals surface area contributed by atoms with Crippen molar-refractivity contribution in [2.24, 2.45) is 52.3 Å². The molecule has 0 aromatic heterocycles. The molecule has 5 N–H and O–H groups in total. The number of carbonyl (C=O) groups is 1. The first-order valence-electron chi connectivity index (χ1n) is 17.8. The molecule has 0 aromatic rings. The SMILES string of the molecule is CC[C@H]1[C@@H](O)[C@@H]2[C@H](CC[C@]3(C)[C@@H]([C@H](C)CCC(=O)NCCNCCCC4CCCN4)CC[C@@H]23)[C@@]2(C)CC[C@@H](O)C[C@@H]12. The van der Waals surface area contributed by atoms with E-state index in [1.54, 1.807) is 0 Å². The summed E-state index contributed by atoms with van der Waals surface area (Å²) in [5.74, 6) is 3.72. The van der Waals surface area contributed by atoms with Gasteiger partial charge in [0, 0.05) is 25.6 Å². The second-order valence-corrected chi connectivity index (χ2v) is 15.7. The summed E-state index contributed by atoms with van der Waals surface area (Å²) in [6.07, 6.45) is 15.2. The zero-order valence-electron chi connectivity index (χ0n) is 26.8. The maximum Gasteiger partial charge on any atom is 0.220 e. The van der Waals surface area contributed by atoms with Crippen molar-refractivity contribution < 1.29 is 15.0 Å². The van der Waals surface area contributed by atoms with Gasteiger partial charge >= 0.3 is 0 Å². The average molecular weight is 574 g/mol. The largest absolute Gasteiger partial charge is 0.393 e. The topological polar surface area (TPSA) is 93.6 Å². The lowest BCUT2D eigenvalue weighted by Gasteiger charge is -2.64. The minimum Gasteiger partial charge on any atom is -0.393 e. The highest BCUT2D eigenvalue weighted by Crippen LogP contribution is 2.69. The number of rotatable bonds is 12. The molecule has 0 bridgehead atoms. The summed E-state index contributed by atoms with van der Waals surface area (Å²) in [6.45, 7) is 13.5. The Morgan fingerprint density at radius 2 is 1.76 bits per heavy atom. The molecule has 1 saturated heterocycles. The van der Waals surface area contributed by atoms with Crippen LogP contribution < -0.4 is 16.0 Å². The third-order valence-electron chi connectivity index (χ3n) is 13.7. The molecule has 0 spiro atoms. The second-order valence-electron chi connectivity index (χ2n) is 15.7. The lowest BCUT2D eigenvalue weighted by Crippen LogP contribution is -2.62. The lowest BCUT2D eigenvalue weighted by atomic mass is 9.41. The van der Waals surface area contributed by atoms with Crippen LogP contribution in [0.25, 0.3) is 0 Å². The fraction of sp³-hybridized carbons (Fsp3) is 0.971. The summed E-state index contributed by atoms with van der Waals surface area (Å²) in [5.41, 5.74) is 0.528. The van der Waals surface area contributed by atoms with Crippen LogP contribution in [0, 0.1) is 52.3 Å². The Balaban J connectivity index is 1.09. The molecule has 236 valence electrons. The van der Waals surface area contributed by atoms with Crippen LogP contribution >= 0.6 is 0 Å². The van der Waals surface area contributed by atoms with Crippen LogP contribution in [0.2, 0.25) is 0 Å². The van der Waals surface area contributed by atoms with Crippen molar-refractivity contribution in [1.82, 2.24) is 16.0 Å². The monoisotopic (exact) mass is 573 g/mol. The van der Waals surface area contributed by atoms with Gasteiger partial charge in [-0.3, -0.25) is 4.79 Å². The van der Waals surface area contributed by atoms with Crippen LogP contribution in [0.3, 0.4) is 0 Å². The van der Waals surface area contributed by atoms with Crippen LogP contribution in [0.5, 0.6) is 0 Å². The first-order chi connectivity index (χ1) is 19.7. The normalized spacial score (nSPS) is 44.6. The minimum atomic E-state index is -0.231. The van der Waals surface area contributed by atoms with Gasteiger partial charge in [-0.25, -0.2) is 0 Å². The highest BCUT2D eigenvalue weighted by atomic mass is 16.3. The average Bonchev–Trinajstić information content (AvgIpc) is 3.60. The molecule has 5 aliphatic rings. The molecule has 6 heteroatoms. The number of hydrogen-bond donors (Lipinski definition) is 5. The van der Waals surface area contributed by atoms with E-state index in [4.69, 9.17) is 0 Å². The van der Waals surface area contributed by atoms with Crippen molar-refractivity contribution in [3.05, 3.63) is 0 Å². The molecule has 4 aliphatic carbocycles. The predicted molar refractivity (Wildman–Crippen MR) is 166 cm³/mol. The summed E-state index contributed by atoms with van der Waals surface area (Å²) in [5, 5.41) is 32.7. The van der Waals surface area contributed by atoms with E-state index in [1.807, 2.05) is 0 Å². The van der Waals surface area contributed by atoms with Gasteiger partial charge in [-0.2, -0.15) is 0 Å². The van der Waals surface area contributed by atoms with Crippen molar-refractivity contribution >= 4 is 5.91 Å². The van der Waals surface area contributed by atoms with Crippen LogP contribution in [0.1, 0.15) is 118 Å². The first kappa shape index (κ1) is 31.7. The minimum absolute atomic E-state index is 0.186. The van der Waals surface area contributed by atoms with Gasteiger partial charge in [0.05, 0.1) is 12.2 Å². The molecule has 1 heterocycles. The summed E-state index contributed by atoms with van der Waals surface area (Å²) < 4.78 is 0. The number of nitrogens with one attached hydrogen (secondary N) is 3. The zero-order valence-corrected chi connectivity index (χ0v) is 26.8. The van der Waals surface area contributed by atoms with Gasteiger partial charge in [0.25, 0.3) is 0 Å². The van der Waals surface area contributed by atoms with Crippen LogP contribution in [0.4, 0.5) is 0 Å². The molecule has 5 rings (SSSR count). The molecule has 1 aliphatic heterocycles. The maximum atomic E-state index is 12.7. The Morgan fingerprint density at radius 1 is 0.976 bits per heavy atom. The fourth-order valence-electron chi connectivity index (χ4n) is 11.5. The van der Waals surface area contributed by atoms with E-state index in [2.05, 4.69) is 43.6 Å². The molecular weight excluding hydrogens is 510 g/mol. The Morgan fingerprint density at radius 3 is 2.51 bits per heavy atom. The predicted octanol–water partition coefficient (Wildman–Crippen LogP) is 5.27. The van der Waals surface area contributed by atoms with E-state index in [1.165, 1.54) is 57.9 Å². The van der Waals surface area contributed by atoms with E-state index in [9.17, 15) is 15.0 Å². The summed E-state index contributed by atoms with van der Waals surface area (Å²) in [7, 11) is 0. The summed E-state index contributed by atoms with van der Waals surface area (Å²) >= 11 is 0. The van der Waals surface area contributed by atoms with E-state index in [-0.39, 0.29) is 28.9 Å². The van der Waals surface area contributed by atoms with Crippen LogP contribution in [-0.2, 0) is 4.79 Å². The molecule has 1 unspecified atom stereocenters. The Bertz CT molecular complexity index is 864. The molecule has 6 nitrogen and oxygen atoms in total. The molecule has 4 saturated carbocycles. The standard InChI is InChI=1S/C35H63N3O3/c1-5-26-30-22-25(39)14-16-35(30,4)29-15-17-34(3)27(11-12-28(34)32(29)33(26)41)23(2)10-13-31(40)38-21-20-36-18-6-8-24-9-7-19-37-24/h23-30,32-33,36-37,39,41H,5-22H2,1-4H3,(H,38,40)/t23-,24?,25-,26-,27-,28+,29+,30+,32+,33-,34-,35-/m1/s1. The third-order valence-corrected chi connectivity index (χ3v) is 13.7. The number of aliphatic hydroxyl groups excluding tert-OH is 2. The number of carbonyl (C=O) groups excluding carboxylic acids is 1. The third kappa shape index (κ3) is 6.42. The highest BCUT2D eigenvalue weighted by molar-refractivity contribution is 5.75. The van der Waals surface area contributed by atoms with Gasteiger partial charge in [-0.1, -0.05) is 34.1 Å². The second kappa shape index (κ2) is 13.5. The zero-order chi connectivity index (χ0) is 29.2. The fourth-order valence-corrected chi connectivity index (χ4v) is 11.5. The van der Waals surface area contributed by atoms with Gasteiger partial charge in [0.15, 0.2) is 0 Å². The maximum absolute atomic E-state index is 12.7. The molecule has 0 aromatic carbocycles. The van der Waals surface area contributed by atoms with Gasteiger partial charge < -0.3 is 26.2 Å². The lowest BCUT2D eigenvalue weighted by molar-refractivity contribution is -0.203. The van der Waals surface area contributed by atoms with Gasteiger partial charge in [-0.15, -0.1) is 0 Å². The van der Waals surface area contributed by atoms with Crippen molar-refractivity contribution in [2.45, 2.75) is 136 Å². The van der Waals surface area contributed by atoms with E-state index in [0.29, 0.717) is 54.4 Å². The first-order valence-corrected chi connectivity index (χ1v) is 17.8. The number of fused-ring (bicyclic) bond motifs is 5. The quantitative estimate of drug-likeness (QED) is 0.205. The Labute approximate surface area is 251 Å². The Hall–Kier alpha value is -0.690. The van der Waals surface area contributed by atoms with Crippen molar-refractivity contribution in [2.75, 3.05) is 26.2 Å². The summed E-state index contributed by atoms with van der Waals surface area (Å²) in [4.78, 5) is 12.7. The molecule has 12 atom stereocenters. The Kier molecular flexibility index (Phi) is 10.5. The molecule has 1 amide bonds. The molecular formula is C35H63N3O3. The van der Waals surface area contributed by atoms with Crippen molar-refractivity contribution in [1.29, 1.82) is 0 Å². The van der Waals surface area contributed by atoms with Gasteiger partial charge in [-0.05, 0) is 142 Å². The van der Waals surface area contributed by atoms with Crippen molar-refractivity contribution in [3.8, 4) is 0 Å². The number of hydrogen-bond acceptors (Lipinski definition) is 5. The molecule has 5 fully saturated rings. The van der Waals surface area contributed by atoms with E-state index < -0.39 is 0 Å². The van der Waals surface area contributed by atoms with E-state index in [0.717, 1.165) is 51.2 Å².